The molecule has 4 rings (SSSR count). The molecule has 0 aliphatic rings. The maximum atomic E-state index is 12.9. The van der Waals surface area contributed by atoms with Crippen LogP contribution in [0, 0.1) is 0 Å². The number of para-hydroxylation sites is 2. The van der Waals surface area contributed by atoms with Gasteiger partial charge < -0.3 is 5.32 Å². The van der Waals surface area contributed by atoms with E-state index in [0.29, 0.717) is 22.8 Å². The number of hydrogen-bond acceptors (Lipinski definition) is 5. The molecule has 6 nitrogen and oxygen atoms in total. The van der Waals surface area contributed by atoms with Gasteiger partial charge in [0.25, 0.3) is 10.0 Å². The number of aromatic nitrogens is 2. The van der Waals surface area contributed by atoms with E-state index in [1.807, 2.05) is 30.3 Å². The Morgan fingerprint density at radius 3 is 2.00 bits per heavy atom. The number of nitrogens with one attached hydrogen (secondary N) is 2. The van der Waals surface area contributed by atoms with Crippen molar-refractivity contribution in [3.8, 4) is 0 Å². The number of hydrogen-bond donors (Lipinski definition) is 2. The van der Waals surface area contributed by atoms with Crippen molar-refractivity contribution in [3.05, 3.63) is 84.4 Å². The lowest BCUT2D eigenvalue weighted by atomic mass is 9.99. The fraction of sp³-hybridized carbons (Fsp3) is 0.167. The number of anilines is 3. The summed E-state index contributed by atoms with van der Waals surface area (Å²) in [4.78, 5) is 9.31. The molecule has 0 saturated carbocycles. The summed E-state index contributed by atoms with van der Waals surface area (Å²) in [6.07, 6.45) is 1.06. The molecule has 31 heavy (non-hydrogen) atoms. The van der Waals surface area contributed by atoms with Crippen molar-refractivity contribution in [2.45, 2.75) is 31.1 Å². The first-order chi connectivity index (χ1) is 15.0. The fourth-order valence-corrected chi connectivity index (χ4v) is 4.24. The van der Waals surface area contributed by atoms with Gasteiger partial charge in [0.05, 0.1) is 15.9 Å². The van der Waals surface area contributed by atoms with E-state index in [4.69, 9.17) is 0 Å². The third kappa shape index (κ3) is 4.67. The van der Waals surface area contributed by atoms with Gasteiger partial charge in [0.1, 0.15) is 0 Å². The topological polar surface area (TPSA) is 84.0 Å². The van der Waals surface area contributed by atoms with Gasteiger partial charge in [-0.15, -0.1) is 0 Å². The highest BCUT2D eigenvalue weighted by atomic mass is 32.2. The summed E-state index contributed by atoms with van der Waals surface area (Å²) in [5, 5.41) is 3.22. The lowest BCUT2D eigenvalue weighted by Gasteiger charge is -2.15. The van der Waals surface area contributed by atoms with E-state index < -0.39 is 10.0 Å². The quantitative estimate of drug-likeness (QED) is 0.392. The summed E-state index contributed by atoms with van der Waals surface area (Å²) in [5.41, 5.74) is 3.33. The van der Waals surface area contributed by atoms with Gasteiger partial charge >= 0.3 is 0 Å². The van der Waals surface area contributed by atoms with Crippen LogP contribution in [0.15, 0.2) is 83.8 Å². The monoisotopic (exact) mass is 432 g/mol. The number of sulfonamides is 1. The molecule has 0 fully saturated rings. The second kappa shape index (κ2) is 8.73. The molecule has 0 aliphatic heterocycles. The van der Waals surface area contributed by atoms with E-state index in [1.165, 1.54) is 17.7 Å². The Morgan fingerprint density at radius 1 is 0.806 bits per heavy atom. The molecule has 1 atom stereocenters. The summed E-state index contributed by atoms with van der Waals surface area (Å²) < 4.78 is 28.4. The minimum absolute atomic E-state index is 0.147. The van der Waals surface area contributed by atoms with Crippen molar-refractivity contribution >= 4 is 38.4 Å². The fourth-order valence-electron chi connectivity index (χ4n) is 3.21. The highest BCUT2D eigenvalue weighted by Gasteiger charge is 2.19. The van der Waals surface area contributed by atoms with Crippen LogP contribution in [0.2, 0.25) is 0 Å². The molecule has 0 bridgehead atoms. The Hall–Kier alpha value is -3.45. The lowest BCUT2D eigenvalue weighted by molar-refractivity contribution is 0.601. The molecular formula is C24H24N4O2S. The van der Waals surface area contributed by atoms with Crippen LogP contribution in [0.4, 0.5) is 17.3 Å². The van der Waals surface area contributed by atoms with Crippen molar-refractivity contribution in [1.82, 2.24) is 9.97 Å². The van der Waals surface area contributed by atoms with Crippen LogP contribution in [-0.2, 0) is 10.0 Å². The zero-order valence-corrected chi connectivity index (χ0v) is 18.2. The standard InChI is InChI=1S/C24H24N4O2S/c1-3-17(2)18-13-15-19(16-14-18)25-23-24(27-22-12-8-7-11-21(22)26-23)28-31(29,30)20-9-5-4-6-10-20/h4-17H,3H2,1-2H3,(H,25,26)(H,27,28)/t17-/m1/s1. The molecule has 0 radical (unpaired) electrons. The van der Waals surface area contributed by atoms with Gasteiger partial charge in [0.15, 0.2) is 11.6 Å². The second-order valence-corrected chi connectivity index (χ2v) is 9.07. The molecule has 0 spiro atoms. The highest BCUT2D eigenvalue weighted by molar-refractivity contribution is 7.92. The zero-order chi connectivity index (χ0) is 21.8. The van der Waals surface area contributed by atoms with Gasteiger partial charge in [-0.3, -0.25) is 4.72 Å². The van der Waals surface area contributed by atoms with Crippen LogP contribution in [0.25, 0.3) is 11.0 Å². The first-order valence-electron chi connectivity index (χ1n) is 10.2. The third-order valence-corrected chi connectivity index (χ3v) is 6.56. The molecular weight excluding hydrogens is 408 g/mol. The normalized spacial score (nSPS) is 12.5. The maximum absolute atomic E-state index is 12.9. The summed E-state index contributed by atoms with van der Waals surface area (Å²) in [7, 11) is -3.81. The van der Waals surface area contributed by atoms with Crippen LogP contribution in [-0.4, -0.2) is 18.4 Å². The van der Waals surface area contributed by atoms with Crippen LogP contribution < -0.4 is 10.0 Å². The number of nitrogens with zero attached hydrogens (tertiary/aromatic N) is 2. The summed E-state index contributed by atoms with van der Waals surface area (Å²) in [5.74, 6) is 0.964. The maximum Gasteiger partial charge on any atom is 0.263 e. The average Bonchev–Trinajstić information content (AvgIpc) is 2.80. The highest BCUT2D eigenvalue weighted by Crippen LogP contribution is 2.28. The Kier molecular flexibility index (Phi) is 5.86. The molecule has 4 aromatic rings. The second-order valence-electron chi connectivity index (χ2n) is 7.38. The van der Waals surface area contributed by atoms with Crippen molar-refractivity contribution in [2.75, 3.05) is 10.0 Å². The van der Waals surface area contributed by atoms with E-state index in [9.17, 15) is 8.42 Å². The lowest BCUT2D eigenvalue weighted by Crippen LogP contribution is -2.16. The molecule has 0 saturated heterocycles. The predicted octanol–water partition coefficient (Wildman–Crippen LogP) is 5.69. The third-order valence-electron chi connectivity index (χ3n) is 5.21. The smallest absolute Gasteiger partial charge is 0.263 e. The molecule has 2 N–H and O–H groups in total. The van der Waals surface area contributed by atoms with Crippen molar-refractivity contribution < 1.29 is 8.42 Å². The molecule has 0 aliphatic carbocycles. The summed E-state index contributed by atoms with van der Waals surface area (Å²) in [6, 6.07) is 23.6. The van der Waals surface area contributed by atoms with E-state index in [-0.39, 0.29) is 10.7 Å². The minimum atomic E-state index is -3.81. The van der Waals surface area contributed by atoms with Gasteiger partial charge in [-0.05, 0) is 54.3 Å². The van der Waals surface area contributed by atoms with Crippen molar-refractivity contribution in [1.29, 1.82) is 0 Å². The molecule has 0 unspecified atom stereocenters. The van der Waals surface area contributed by atoms with Gasteiger partial charge in [-0.25, -0.2) is 18.4 Å². The van der Waals surface area contributed by atoms with Crippen LogP contribution in [0.3, 0.4) is 0 Å². The first kappa shape index (κ1) is 20.8. The molecule has 3 aromatic carbocycles. The van der Waals surface area contributed by atoms with Crippen molar-refractivity contribution in [3.63, 3.8) is 0 Å². The molecule has 1 heterocycles. The number of fused-ring (bicyclic) bond motifs is 1. The molecule has 1 aromatic heterocycles. The van der Waals surface area contributed by atoms with Crippen LogP contribution in [0.5, 0.6) is 0 Å². The minimum Gasteiger partial charge on any atom is -0.337 e. The molecule has 7 heteroatoms. The predicted molar refractivity (Wildman–Crippen MR) is 125 cm³/mol. The van der Waals surface area contributed by atoms with Gasteiger partial charge in [-0.1, -0.05) is 56.3 Å². The first-order valence-corrected chi connectivity index (χ1v) is 11.7. The largest absolute Gasteiger partial charge is 0.337 e. The van der Waals surface area contributed by atoms with Gasteiger partial charge in [0.2, 0.25) is 0 Å². The van der Waals surface area contributed by atoms with E-state index >= 15 is 0 Å². The Balaban J connectivity index is 1.72. The summed E-state index contributed by atoms with van der Waals surface area (Å²) in [6.45, 7) is 4.35. The Morgan fingerprint density at radius 2 is 1.39 bits per heavy atom. The molecule has 158 valence electrons. The average molecular weight is 433 g/mol. The van der Waals surface area contributed by atoms with E-state index in [0.717, 1.165) is 12.1 Å². The Bertz CT molecular complexity index is 1290. The zero-order valence-electron chi connectivity index (χ0n) is 17.4. The van der Waals surface area contributed by atoms with Gasteiger partial charge in [0, 0.05) is 5.69 Å². The molecule has 0 amide bonds. The van der Waals surface area contributed by atoms with Crippen molar-refractivity contribution in [2.24, 2.45) is 0 Å². The van der Waals surface area contributed by atoms with E-state index in [1.54, 1.807) is 24.3 Å². The number of benzene rings is 3. The van der Waals surface area contributed by atoms with Crippen LogP contribution in [0.1, 0.15) is 31.7 Å². The SMILES string of the molecule is CC[C@@H](C)c1ccc(Nc2nc3ccccc3nc2NS(=O)(=O)c2ccccc2)cc1. The number of rotatable bonds is 7. The van der Waals surface area contributed by atoms with E-state index in [2.05, 4.69) is 46.0 Å². The Labute approximate surface area is 182 Å². The summed E-state index contributed by atoms with van der Waals surface area (Å²) >= 11 is 0. The van der Waals surface area contributed by atoms with Gasteiger partial charge in [-0.2, -0.15) is 0 Å². The van der Waals surface area contributed by atoms with Crippen LogP contribution >= 0.6 is 0 Å².